The molecule has 214 valence electrons. The fourth-order valence-electron chi connectivity index (χ4n) is 4.76. The highest BCUT2D eigenvalue weighted by Gasteiger charge is 2.37. The lowest BCUT2D eigenvalue weighted by atomic mass is 10.0. The van der Waals surface area contributed by atoms with Crippen molar-refractivity contribution < 1.29 is 23.9 Å². The number of aromatic nitrogens is 2. The second-order valence-corrected chi connectivity index (χ2v) is 11.7. The number of carbonyl (C=O) groups excluding carboxylic acids is 4. The SMILES string of the molecule is COc1ccc2c(c1)cc(C(=O)N(C(=O)c1csc(N(CC(C)C)C3CC3)n1)[C@H](C=O)CC(C)C)n2C(=O)NN. The Hall–Kier alpha value is -3.77. The van der Waals surface area contributed by atoms with Crippen LogP contribution in [0.15, 0.2) is 29.6 Å². The lowest BCUT2D eigenvalue weighted by molar-refractivity contribution is -0.111. The van der Waals surface area contributed by atoms with Crippen LogP contribution in [0.1, 0.15) is 67.9 Å². The van der Waals surface area contributed by atoms with Gasteiger partial charge >= 0.3 is 6.03 Å². The van der Waals surface area contributed by atoms with E-state index in [1.807, 2.05) is 13.8 Å². The lowest BCUT2D eigenvalue weighted by Crippen LogP contribution is -2.48. The molecule has 1 aliphatic carbocycles. The van der Waals surface area contributed by atoms with E-state index in [9.17, 15) is 19.2 Å². The number of nitrogens with one attached hydrogen (secondary N) is 1. The molecule has 11 nitrogen and oxygen atoms in total. The minimum absolute atomic E-state index is 0.00292. The van der Waals surface area contributed by atoms with Crippen LogP contribution in [0, 0.1) is 11.8 Å². The zero-order valence-corrected chi connectivity index (χ0v) is 24.2. The molecular weight excluding hydrogens is 532 g/mol. The lowest BCUT2D eigenvalue weighted by Gasteiger charge is -2.27. The van der Waals surface area contributed by atoms with E-state index in [2.05, 4.69) is 29.2 Å². The number of nitrogen functional groups attached to an aromatic ring is 1. The van der Waals surface area contributed by atoms with Gasteiger partial charge in [0.05, 0.1) is 18.7 Å². The number of hydrazine groups is 1. The number of nitrogens with zero attached hydrogens (tertiary/aromatic N) is 4. The second kappa shape index (κ2) is 12.2. The molecular formula is C28H36N6O5S. The van der Waals surface area contributed by atoms with E-state index in [4.69, 9.17) is 10.6 Å². The number of amides is 3. The van der Waals surface area contributed by atoms with Crippen LogP contribution in [0.2, 0.25) is 0 Å². The number of fused-ring (bicyclic) bond motifs is 1. The molecule has 3 N–H and O–H groups in total. The van der Waals surface area contributed by atoms with Crippen LogP contribution in [0.5, 0.6) is 5.75 Å². The smallest absolute Gasteiger partial charge is 0.340 e. The Morgan fingerprint density at radius 1 is 1.18 bits per heavy atom. The topological polar surface area (TPSA) is 140 Å². The summed E-state index contributed by atoms with van der Waals surface area (Å²) in [6.45, 7) is 8.85. The molecule has 4 rings (SSSR count). The van der Waals surface area contributed by atoms with Crippen molar-refractivity contribution in [2.75, 3.05) is 18.6 Å². The monoisotopic (exact) mass is 568 g/mol. The van der Waals surface area contributed by atoms with Crippen molar-refractivity contribution in [2.24, 2.45) is 17.7 Å². The van der Waals surface area contributed by atoms with Gasteiger partial charge in [-0.25, -0.2) is 15.6 Å². The minimum Gasteiger partial charge on any atom is -0.497 e. The highest BCUT2D eigenvalue weighted by molar-refractivity contribution is 7.14. The maximum absolute atomic E-state index is 14.1. The minimum atomic E-state index is -1.07. The summed E-state index contributed by atoms with van der Waals surface area (Å²) in [5.74, 6) is 4.87. The van der Waals surface area contributed by atoms with E-state index in [-0.39, 0.29) is 23.7 Å². The number of nitrogens with two attached hydrogens (primary N) is 1. The summed E-state index contributed by atoms with van der Waals surface area (Å²) >= 11 is 1.34. The third-order valence-electron chi connectivity index (χ3n) is 6.70. The van der Waals surface area contributed by atoms with E-state index in [0.717, 1.165) is 28.9 Å². The fraction of sp³-hybridized carbons (Fsp3) is 0.464. The van der Waals surface area contributed by atoms with E-state index in [1.165, 1.54) is 24.5 Å². The number of anilines is 1. The molecule has 3 amide bonds. The summed E-state index contributed by atoms with van der Waals surface area (Å²) in [7, 11) is 1.51. The van der Waals surface area contributed by atoms with Gasteiger partial charge in [-0.05, 0) is 55.4 Å². The predicted molar refractivity (Wildman–Crippen MR) is 154 cm³/mol. The number of methoxy groups -OCH3 is 1. The summed E-state index contributed by atoms with van der Waals surface area (Å²) < 4.78 is 6.38. The summed E-state index contributed by atoms with van der Waals surface area (Å²) in [6, 6.07) is 4.96. The number of thiazole rings is 1. The van der Waals surface area contributed by atoms with Crippen molar-refractivity contribution in [3.05, 3.63) is 41.0 Å². The molecule has 2 heterocycles. The molecule has 40 heavy (non-hydrogen) atoms. The number of hydrogen-bond donors (Lipinski definition) is 2. The van der Waals surface area contributed by atoms with Crippen LogP contribution < -0.4 is 20.9 Å². The van der Waals surface area contributed by atoms with Crippen LogP contribution in [-0.4, -0.2) is 64.3 Å². The number of aldehydes is 1. The van der Waals surface area contributed by atoms with Crippen LogP contribution in [0.3, 0.4) is 0 Å². The van der Waals surface area contributed by atoms with Gasteiger partial charge in [0.2, 0.25) is 0 Å². The summed E-state index contributed by atoms with van der Waals surface area (Å²) in [5, 5.41) is 2.86. The predicted octanol–water partition coefficient (Wildman–Crippen LogP) is 4.06. The Kier molecular flexibility index (Phi) is 8.89. The Labute approximate surface area is 237 Å². The van der Waals surface area contributed by atoms with Crippen LogP contribution >= 0.6 is 11.3 Å². The molecule has 1 saturated carbocycles. The first-order valence-corrected chi connectivity index (χ1v) is 14.2. The van der Waals surface area contributed by atoms with Gasteiger partial charge in [-0.3, -0.25) is 24.5 Å². The Bertz CT molecular complexity index is 1410. The van der Waals surface area contributed by atoms with Crippen molar-refractivity contribution in [3.8, 4) is 5.75 Å². The quantitative estimate of drug-likeness (QED) is 0.116. The molecule has 12 heteroatoms. The number of ether oxygens (including phenoxy) is 1. The van der Waals surface area contributed by atoms with E-state index >= 15 is 0 Å². The molecule has 0 aliphatic heterocycles. The normalized spacial score (nSPS) is 13.9. The first kappa shape index (κ1) is 29.2. The van der Waals surface area contributed by atoms with Gasteiger partial charge in [0.1, 0.15) is 23.4 Å². The Balaban J connectivity index is 1.79. The maximum Gasteiger partial charge on any atom is 0.340 e. The van der Waals surface area contributed by atoms with Gasteiger partial charge in [0.25, 0.3) is 11.8 Å². The highest BCUT2D eigenvalue weighted by Crippen LogP contribution is 2.35. The maximum atomic E-state index is 14.1. The van der Waals surface area contributed by atoms with Crippen molar-refractivity contribution in [2.45, 2.75) is 59.0 Å². The number of rotatable bonds is 11. The van der Waals surface area contributed by atoms with Gasteiger partial charge in [-0.2, -0.15) is 0 Å². The van der Waals surface area contributed by atoms with Gasteiger partial charge in [-0.1, -0.05) is 27.7 Å². The molecule has 1 aromatic carbocycles. The van der Waals surface area contributed by atoms with E-state index < -0.39 is 23.9 Å². The molecule has 0 unspecified atom stereocenters. The Morgan fingerprint density at radius 3 is 2.48 bits per heavy atom. The van der Waals surface area contributed by atoms with Gasteiger partial charge in [-0.15, -0.1) is 11.3 Å². The standard InChI is InChI=1S/C28H36N6O5S/c1-16(2)10-20(14-35)33(25(36)22-15-40-28(30-22)32(13-17(3)4)19-6-7-19)26(37)24-12-18-11-21(39-5)8-9-23(18)34(24)27(38)31-29/h8-9,11-12,14-17,19-20H,6-7,10,13,29H2,1-5H3,(H,31,38)/t20-/m0/s1. The molecule has 2 aromatic heterocycles. The third kappa shape index (κ3) is 6.02. The van der Waals surface area contributed by atoms with Crippen LogP contribution in [-0.2, 0) is 4.79 Å². The summed E-state index contributed by atoms with van der Waals surface area (Å²) in [4.78, 5) is 61.0. The molecule has 0 spiro atoms. The second-order valence-electron chi connectivity index (χ2n) is 10.8. The molecule has 3 aromatic rings. The van der Waals surface area contributed by atoms with E-state index in [1.54, 1.807) is 23.6 Å². The first-order chi connectivity index (χ1) is 19.1. The van der Waals surface area contributed by atoms with E-state index in [0.29, 0.717) is 40.0 Å². The third-order valence-corrected chi connectivity index (χ3v) is 7.58. The van der Waals surface area contributed by atoms with Crippen molar-refractivity contribution in [1.29, 1.82) is 0 Å². The van der Waals surface area contributed by atoms with Gasteiger partial charge < -0.3 is 14.4 Å². The number of imide groups is 1. The summed E-state index contributed by atoms with van der Waals surface area (Å²) in [5.41, 5.74) is 2.40. The molecule has 1 aliphatic rings. The number of hydrogen-bond acceptors (Lipinski definition) is 9. The number of benzene rings is 1. The van der Waals surface area contributed by atoms with Crippen LogP contribution in [0.25, 0.3) is 10.9 Å². The largest absolute Gasteiger partial charge is 0.497 e. The van der Waals surface area contributed by atoms with Gasteiger partial charge in [0, 0.05) is 23.4 Å². The zero-order chi connectivity index (χ0) is 29.1. The first-order valence-electron chi connectivity index (χ1n) is 13.3. The molecule has 0 radical (unpaired) electrons. The summed E-state index contributed by atoms with van der Waals surface area (Å²) in [6.07, 6.45) is 2.98. The Morgan fingerprint density at radius 2 is 1.90 bits per heavy atom. The van der Waals surface area contributed by atoms with Crippen molar-refractivity contribution in [3.63, 3.8) is 0 Å². The molecule has 0 saturated heterocycles. The number of carbonyl (C=O) groups is 4. The molecule has 1 atom stereocenters. The van der Waals surface area contributed by atoms with Crippen molar-refractivity contribution in [1.82, 2.24) is 19.9 Å². The fourth-order valence-corrected chi connectivity index (χ4v) is 5.64. The molecule has 1 fully saturated rings. The van der Waals surface area contributed by atoms with Crippen LogP contribution in [0.4, 0.5) is 9.93 Å². The van der Waals surface area contributed by atoms with Crippen molar-refractivity contribution >= 4 is 51.5 Å². The average Bonchev–Trinajstić information content (AvgIpc) is 3.52. The molecule has 0 bridgehead atoms. The van der Waals surface area contributed by atoms with Gasteiger partial charge in [0.15, 0.2) is 5.13 Å². The average molecular weight is 569 g/mol. The highest BCUT2D eigenvalue weighted by atomic mass is 32.1. The zero-order valence-electron chi connectivity index (χ0n) is 23.4.